The van der Waals surface area contributed by atoms with Crippen LogP contribution in [0.1, 0.15) is 17.2 Å². The summed E-state index contributed by atoms with van der Waals surface area (Å²) >= 11 is 0. The highest BCUT2D eigenvalue weighted by atomic mass is 14.7. The average Bonchev–Trinajstić information content (AvgIpc) is 3.00. The van der Waals surface area contributed by atoms with Gasteiger partial charge in [-0.3, -0.25) is 0 Å². The smallest absolute Gasteiger partial charge is 0.0389 e. The number of rotatable bonds is 3. The van der Waals surface area contributed by atoms with Gasteiger partial charge >= 0.3 is 0 Å². The molecule has 1 aromatic heterocycles. The first-order chi connectivity index (χ1) is 8.43. The first-order valence-corrected chi connectivity index (χ1v) is 5.98. The topological polar surface area (TPSA) is 15.8 Å². The molecule has 1 aliphatic carbocycles. The molecule has 1 atom stereocenters. The van der Waals surface area contributed by atoms with Crippen molar-refractivity contribution in [2.75, 3.05) is 0 Å². The molecule has 0 radical (unpaired) electrons. The fraction of sp³-hybridized carbons (Fsp3) is 0.125. The zero-order valence-corrected chi connectivity index (χ0v) is 9.64. The van der Waals surface area contributed by atoms with E-state index < -0.39 is 0 Å². The van der Waals surface area contributed by atoms with E-state index in [1.54, 1.807) is 0 Å². The van der Waals surface area contributed by atoms with Crippen molar-refractivity contribution in [3.63, 3.8) is 0 Å². The minimum Gasteiger partial charge on any atom is -0.364 e. The van der Waals surface area contributed by atoms with Gasteiger partial charge in [0.15, 0.2) is 0 Å². The molecule has 1 aromatic carbocycles. The second kappa shape index (κ2) is 4.46. The van der Waals surface area contributed by atoms with E-state index in [1.807, 2.05) is 6.20 Å². The van der Waals surface area contributed by atoms with Crippen molar-refractivity contribution in [2.45, 2.75) is 12.3 Å². The first-order valence-electron chi connectivity index (χ1n) is 5.98. The summed E-state index contributed by atoms with van der Waals surface area (Å²) in [7, 11) is 0. The second-order valence-corrected chi connectivity index (χ2v) is 4.39. The quantitative estimate of drug-likeness (QED) is 0.810. The zero-order valence-electron chi connectivity index (χ0n) is 9.64. The molecule has 0 amide bonds. The Bertz CT molecular complexity index is 532. The predicted molar refractivity (Wildman–Crippen MR) is 70.9 cm³/mol. The molecular weight excluding hydrogens is 206 g/mol. The number of aromatic amines is 1. The van der Waals surface area contributed by atoms with Gasteiger partial charge in [0, 0.05) is 17.8 Å². The van der Waals surface area contributed by atoms with Crippen LogP contribution in [0.15, 0.2) is 72.5 Å². The van der Waals surface area contributed by atoms with Gasteiger partial charge in [-0.2, -0.15) is 0 Å². The number of allylic oxidation sites excluding steroid dienone is 4. The molecule has 2 aromatic rings. The molecule has 1 nitrogen and oxygen atoms in total. The van der Waals surface area contributed by atoms with Crippen molar-refractivity contribution in [3.05, 3.63) is 83.7 Å². The highest BCUT2D eigenvalue weighted by Gasteiger charge is 2.17. The van der Waals surface area contributed by atoms with Crippen molar-refractivity contribution in [1.82, 2.24) is 4.98 Å². The van der Waals surface area contributed by atoms with Crippen LogP contribution in [0, 0.1) is 0 Å². The van der Waals surface area contributed by atoms with Gasteiger partial charge in [-0.25, -0.2) is 0 Å². The molecule has 0 bridgehead atoms. The van der Waals surface area contributed by atoms with Crippen molar-refractivity contribution in [2.24, 2.45) is 0 Å². The van der Waals surface area contributed by atoms with E-state index >= 15 is 0 Å². The summed E-state index contributed by atoms with van der Waals surface area (Å²) in [6.45, 7) is 0. The van der Waals surface area contributed by atoms with Gasteiger partial charge in [-0.1, -0.05) is 54.1 Å². The van der Waals surface area contributed by atoms with Crippen LogP contribution >= 0.6 is 0 Å². The number of nitrogens with one attached hydrogen (secondary N) is 1. The normalized spacial score (nSPS) is 18.4. The molecule has 84 valence electrons. The SMILES string of the molecule is C1=CC(c2ccc[nH]2)C(Cc2ccccc2)=C1. The Morgan fingerprint density at radius 1 is 1.00 bits per heavy atom. The Hall–Kier alpha value is -2.02. The number of H-pyrrole nitrogens is 1. The highest BCUT2D eigenvalue weighted by Crippen LogP contribution is 2.31. The molecule has 0 aliphatic heterocycles. The van der Waals surface area contributed by atoms with Gasteiger partial charge in [0.05, 0.1) is 0 Å². The zero-order chi connectivity index (χ0) is 11.5. The monoisotopic (exact) mass is 221 g/mol. The van der Waals surface area contributed by atoms with Crippen molar-refractivity contribution in [3.8, 4) is 0 Å². The van der Waals surface area contributed by atoms with E-state index in [1.165, 1.54) is 16.8 Å². The summed E-state index contributed by atoms with van der Waals surface area (Å²) in [5.74, 6) is 0.421. The Morgan fingerprint density at radius 3 is 2.65 bits per heavy atom. The maximum atomic E-state index is 3.30. The fourth-order valence-electron chi connectivity index (χ4n) is 2.36. The molecular formula is C16H15N. The summed E-state index contributed by atoms with van der Waals surface area (Å²) in [6, 6.07) is 14.8. The van der Waals surface area contributed by atoms with Crippen LogP contribution in [0.5, 0.6) is 0 Å². The molecule has 0 spiro atoms. The predicted octanol–water partition coefficient (Wildman–Crippen LogP) is 3.84. The summed E-state index contributed by atoms with van der Waals surface area (Å²) in [4.78, 5) is 3.30. The van der Waals surface area contributed by atoms with E-state index in [9.17, 15) is 0 Å². The molecule has 3 rings (SSSR count). The lowest BCUT2D eigenvalue weighted by molar-refractivity contribution is 0.914. The van der Waals surface area contributed by atoms with Gasteiger partial charge < -0.3 is 4.98 Å². The van der Waals surface area contributed by atoms with E-state index in [0.29, 0.717) is 5.92 Å². The molecule has 17 heavy (non-hydrogen) atoms. The Kier molecular flexibility index (Phi) is 2.66. The van der Waals surface area contributed by atoms with Crippen molar-refractivity contribution < 1.29 is 0 Å². The number of hydrogen-bond donors (Lipinski definition) is 1. The third-order valence-corrected chi connectivity index (χ3v) is 3.22. The molecule has 1 aliphatic rings. The number of aromatic nitrogens is 1. The lowest BCUT2D eigenvalue weighted by Gasteiger charge is -2.12. The summed E-state index contributed by atoms with van der Waals surface area (Å²) in [5.41, 5.74) is 4.11. The Balaban J connectivity index is 1.81. The second-order valence-electron chi connectivity index (χ2n) is 4.39. The number of hydrogen-bond acceptors (Lipinski definition) is 0. The van der Waals surface area contributed by atoms with Crippen molar-refractivity contribution >= 4 is 0 Å². The third kappa shape index (κ3) is 2.09. The largest absolute Gasteiger partial charge is 0.364 e. The molecule has 1 heteroatoms. The Labute approximate surface area is 102 Å². The summed E-state index contributed by atoms with van der Waals surface area (Å²) < 4.78 is 0. The van der Waals surface area contributed by atoms with Crippen LogP contribution in [0.2, 0.25) is 0 Å². The fourth-order valence-corrected chi connectivity index (χ4v) is 2.36. The summed E-state index contributed by atoms with van der Waals surface area (Å²) in [6.07, 6.45) is 9.66. The Morgan fingerprint density at radius 2 is 1.88 bits per heavy atom. The van der Waals surface area contributed by atoms with Gasteiger partial charge in [-0.15, -0.1) is 0 Å². The highest BCUT2D eigenvalue weighted by molar-refractivity contribution is 5.40. The van der Waals surface area contributed by atoms with Gasteiger partial charge in [-0.05, 0) is 24.1 Å². The van der Waals surface area contributed by atoms with Crippen LogP contribution in [0.25, 0.3) is 0 Å². The lowest BCUT2D eigenvalue weighted by atomic mass is 9.93. The van der Waals surface area contributed by atoms with Crippen LogP contribution in [-0.2, 0) is 6.42 Å². The molecule has 1 N–H and O–H groups in total. The molecule has 0 saturated carbocycles. The van der Waals surface area contributed by atoms with E-state index in [2.05, 4.69) is 65.7 Å². The first kappa shape index (κ1) is 10.2. The molecule has 1 heterocycles. The van der Waals surface area contributed by atoms with E-state index in [4.69, 9.17) is 0 Å². The van der Waals surface area contributed by atoms with Crippen molar-refractivity contribution in [1.29, 1.82) is 0 Å². The molecule has 1 unspecified atom stereocenters. The lowest BCUT2D eigenvalue weighted by Crippen LogP contribution is -2.00. The maximum Gasteiger partial charge on any atom is 0.0389 e. The van der Waals surface area contributed by atoms with Gasteiger partial charge in [0.2, 0.25) is 0 Å². The number of benzene rings is 1. The van der Waals surface area contributed by atoms with Crippen LogP contribution in [0.3, 0.4) is 0 Å². The summed E-state index contributed by atoms with van der Waals surface area (Å²) in [5, 5.41) is 0. The van der Waals surface area contributed by atoms with Crippen LogP contribution in [0.4, 0.5) is 0 Å². The minimum atomic E-state index is 0.421. The standard InChI is InChI=1S/C16H15N/c1-2-6-13(7-3-1)12-14-8-4-9-15(14)16-10-5-11-17-16/h1-11,15,17H,12H2. The molecule has 0 saturated heterocycles. The van der Waals surface area contributed by atoms with Gasteiger partial charge in [0.1, 0.15) is 0 Å². The average molecular weight is 221 g/mol. The molecule has 0 fully saturated rings. The minimum absolute atomic E-state index is 0.421. The third-order valence-electron chi connectivity index (χ3n) is 3.22. The van der Waals surface area contributed by atoms with E-state index in [-0.39, 0.29) is 0 Å². The van der Waals surface area contributed by atoms with Crippen LogP contribution in [-0.4, -0.2) is 4.98 Å². The van der Waals surface area contributed by atoms with Gasteiger partial charge in [0.25, 0.3) is 0 Å². The maximum absolute atomic E-state index is 3.30. The van der Waals surface area contributed by atoms with E-state index in [0.717, 1.165) is 6.42 Å². The van der Waals surface area contributed by atoms with Crippen LogP contribution < -0.4 is 0 Å².